The zero-order valence-electron chi connectivity index (χ0n) is 9.88. The van der Waals surface area contributed by atoms with Crippen molar-refractivity contribution in [2.75, 3.05) is 6.26 Å². The molecule has 0 aliphatic heterocycles. The van der Waals surface area contributed by atoms with Crippen molar-refractivity contribution in [3.05, 3.63) is 22.6 Å². The van der Waals surface area contributed by atoms with E-state index < -0.39 is 15.7 Å². The fraction of sp³-hybridized carbons (Fsp3) is 0.200. The Hall–Kier alpha value is -1.67. The monoisotopic (exact) mass is 287 g/mol. The van der Waals surface area contributed by atoms with Crippen LogP contribution in [0.15, 0.2) is 26.9 Å². The van der Waals surface area contributed by atoms with Crippen LogP contribution >= 0.6 is 11.3 Å². The van der Waals surface area contributed by atoms with Crippen molar-refractivity contribution in [3.8, 4) is 0 Å². The Balaban J connectivity index is 3.01. The van der Waals surface area contributed by atoms with E-state index >= 15 is 0 Å². The van der Waals surface area contributed by atoms with E-state index in [4.69, 9.17) is 11.5 Å². The highest BCUT2D eigenvalue weighted by Gasteiger charge is 2.10. The van der Waals surface area contributed by atoms with Crippen LogP contribution in [0.1, 0.15) is 11.8 Å². The molecular weight excluding hydrogens is 274 g/mol. The van der Waals surface area contributed by atoms with Crippen molar-refractivity contribution in [2.45, 2.75) is 11.1 Å². The van der Waals surface area contributed by atoms with Crippen molar-refractivity contribution in [1.29, 1.82) is 0 Å². The van der Waals surface area contributed by atoms with E-state index in [2.05, 4.69) is 4.99 Å². The van der Waals surface area contributed by atoms with E-state index in [0.717, 1.165) is 17.6 Å². The van der Waals surface area contributed by atoms with Crippen molar-refractivity contribution in [3.63, 3.8) is 0 Å². The predicted octanol–water partition coefficient (Wildman–Crippen LogP) is 0.355. The first-order chi connectivity index (χ1) is 8.20. The van der Waals surface area contributed by atoms with Gasteiger partial charge in [0.15, 0.2) is 15.8 Å². The zero-order valence-corrected chi connectivity index (χ0v) is 11.5. The minimum Gasteiger partial charge on any atom is -0.370 e. The molecule has 0 saturated carbocycles. The number of nitrogens with two attached hydrogens (primary N) is 2. The van der Waals surface area contributed by atoms with Gasteiger partial charge in [0, 0.05) is 16.7 Å². The molecule has 1 aromatic heterocycles. The lowest BCUT2D eigenvalue weighted by atomic mass is 10.2. The van der Waals surface area contributed by atoms with Crippen molar-refractivity contribution in [2.24, 2.45) is 16.5 Å². The molecule has 0 spiro atoms. The van der Waals surface area contributed by atoms with E-state index in [1.54, 1.807) is 13.0 Å². The number of thiophene rings is 1. The molecular formula is C10H13N3O3S2. The first-order valence-electron chi connectivity index (χ1n) is 4.82. The lowest BCUT2D eigenvalue weighted by molar-refractivity contribution is -0.114. The van der Waals surface area contributed by atoms with Gasteiger partial charge in [-0.3, -0.25) is 4.79 Å². The number of hydrogen-bond donors (Lipinski definition) is 2. The molecule has 0 saturated heterocycles. The normalized spacial score (nSPS) is 12.2. The van der Waals surface area contributed by atoms with E-state index in [0.29, 0.717) is 10.5 Å². The van der Waals surface area contributed by atoms with Gasteiger partial charge in [-0.25, -0.2) is 8.42 Å². The average Bonchev–Trinajstić information content (AvgIpc) is 2.64. The predicted molar refractivity (Wildman–Crippen MR) is 71.9 cm³/mol. The summed E-state index contributed by atoms with van der Waals surface area (Å²) in [6, 6.07) is 3.11. The third kappa shape index (κ3) is 3.97. The fourth-order valence-electron chi connectivity index (χ4n) is 1.09. The molecule has 0 radical (unpaired) electrons. The Morgan fingerprint density at radius 3 is 2.44 bits per heavy atom. The van der Waals surface area contributed by atoms with Gasteiger partial charge >= 0.3 is 0 Å². The first kappa shape index (κ1) is 14.4. The Morgan fingerprint density at radius 2 is 2.00 bits per heavy atom. The van der Waals surface area contributed by atoms with Crippen molar-refractivity contribution < 1.29 is 13.2 Å². The Kier molecular flexibility index (Phi) is 4.25. The number of hydrogen-bond acceptors (Lipinski definition) is 4. The van der Waals surface area contributed by atoms with Crippen LogP contribution in [-0.2, 0) is 14.6 Å². The fourth-order valence-corrected chi connectivity index (χ4v) is 3.04. The van der Waals surface area contributed by atoms with E-state index in [1.807, 2.05) is 0 Å². The largest absolute Gasteiger partial charge is 0.370 e. The number of sulfone groups is 1. The minimum atomic E-state index is -3.22. The summed E-state index contributed by atoms with van der Waals surface area (Å²) in [5.41, 5.74) is 10.5. The van der Waals surface area contributed by atoms with Gasteiger partial charge in [0.25, 0.3) is 5.91 Å². The molecule has 0 aliphatic carbocycles. The van der Waals surface area contributed by atoms with Gasteiger partial charge in [0.2, 0.25) is 0 Å². The molecule has 1 rings (SSSR count). The number of nitrogens with zero attached hydrogens (tertiary/aromatic N) is 1. The first-order valence-corrected chi connectivity index (χ1v) is 7.53. The zero-order chi connectivity index (χ0) is 13.9. The summed E-state index contributed by atoms with van der Waals surface area (Å²) in [5, 5.41) is 0. The molecule has 8 heteroatoms. The molecule has 0 aliphatic rings. The number of amides is 1. The smallest absolute Gasteiger partial charge is 0.275 e. The summed E-state index contributed by atoms with van der Waals surface area (Å²) < 4.78 is 22.8. The average molecular weight is 287 g/mol. The molecule has 1 heterocycles. The number of aliphatic imine (C=N–C) groups is 1. The van der Waals surface area contributed by atoms with Gasteiger partial charge in [-0.15, -0.1) is 11.3 Å². The van der Waals surface area contributed by atoms with Crippen LogP contribution in [0.5, 0.6) is 0 Å². The standard InChI is InChI=1S/C10H13N3O3S2/c1-6(9(14)13-10(11)12)5-7-3-4-8(17-7)18(2,15)16/h3-5H,1-2H3,(H4,11,12,13,14)/b6-5+. The van der Waals surface area contributed by atoms with Crippen LogP contribution in [0, 0.1) is 0 Å². The van der Waals surface area contributed by atoms with Gasteiger partial charge < -0.3 is 11.5 Å². The quantitative estimate of drug-likeness (QED) is 0.473. The summed E-state index contributed by atoms with van der Waals surface area (Å²) >= 11 is 1.08. The van der Waals surface area contributed by atoms with Gasteiger partial charge in [-0.05, 0) is 25.1 Å². The van der Waals surface area contributed by atoms with Gasteiger partial charge in [-0.1, -0.05) is 0 Å². The molecule has 4 N–H and O–H groups in total. The van der Waals surface area contributed by atoms with Crippen LogP contribution in [0.2, 0.25) is 0 Å². The Morgan fingerprint density at radius 1 is 1.39 bits per heavy atom. The van der Waals surface area contributed by atoms with Gasteiger partial charge in [-0.2, -0.15) is 4.99 Å². The SMILES string of the molecule is C/C(=C\c1ccc(S(C)(=O)=O)s1)C(=O)N=C(N)N. The number of carbonyl (C=O) groups excluding carboxylic acids is 1. The Labute approximate surface area is 109 Å². The summed E-state index contributed by atoms with van der Waals surface area (Å²) in [6.07, 6.45) is 2.66. The molecule has 0 atom stereocenters. The van der Waals surface area contributed by atoms with Crippen molar-refractivity contribution >= 4 is 39.1 Å². The highest BCUT2D eigenvalue weighted by atomic mass is 32.2. The highest BCUT2D eigenvalue weighted by molar-refractivity contribution is 7.92. The molecule has 1 amide bonds. The van der Waals surface area contributed by atoms with Crippen LogP contribution in [-0.4, -0.2) is 26.5 Å². The van der Waals surface area contributed by atoms with E-state index in [1.165, 1.54) is 12.1 Å². The molecule has 18 heavy (non-hydrogen) atoms. The number of guanidine groups is 1. The summed E-state index contributed by atoms with van der Waals surface area (Å²) in [6.45, 7) is 1.55. The second-order valence-electron chi connectivity index (χ2n) is 3.60. The van der Waals surface area contributed by atoms with E-state index in [9.17, 15) is 13.2 Å². The maximum atomic E-state index is 11.4. The van der Waals surface area contributed by atoms with Gasteiger partial charge in [0.1, 0.15) is 4.21 Å². The summed E-state index contributed by atoms with van der Waals surface area (Å²) in [7, 11) is -3.22. The topological polar surface area (TPSA) is 116 Å². The molecule has 1 aromatic rings. The summed E-state index contributed by atoms with van der Waals surface area (Å²) in [4.78, 5) is 15.5. The molecule has 0 bridgehead atoms. The Bertz CT molecular complexity index is 623. The number of rotatable bonds is 3. The second kappa shape index (κ2) is 5.32. The molecule has 0 aromatic carbocycles. The van der Waals surface area contributed by atoms with Gasteiger partial charge in [0.05, 0.1) is 0 Å². The molecule has 0 fully saturated rings. The van der Waals surface area contributed by atoms with Crippen LogP contribution < -0.4 is 11.5 Å². The summed E-state index contributed by atoms with van der Waals surface area (Å²) in [5.74, 6) is -0.861. The van der Waals surface area contributed by atoms with Crippen molar-refractivity contribution in [1.82, 2.24) is 0 Å². The lowest BCUT2D eigenvalue weighted by Crippen LogP contribution is -2.24. The van der Waals surface area contributed by atoms with Crippen LogP contribution in [0.25, 0.3) is 6.08 Å². The third-order valence-corrected chi connectivity index (χ3v) is 4.75. The van der Waals surface area contributed by atoms with E-state index in [-0.39, 0.29) is 10.2 Å². The maximum absolute atomic E-state index is 11.4. The van der Waals surface area contributed by atoms with Crippen LogP contribution in [0.4, 0.5) is 0 Å². The maximum Gasteiger partial charge on any atom is 0.275 e. The molecule has 0 unspecified atom stereocenters. The molecule has 98 valence electrons. The third-order valence-electron chi connectivity index (χ3n) is 1.89. The second-order valence-corrected chi connectivity index (χ2v) is 6.96. The van der Waals surface area contributed by atoms with Crippen LogP contribution in [0.3, 0.4) is 0 Å². The minimum absolute atomic E-state index is 0.246. The number of carbonyl (C=O) groups is 1. The lowest BCUT2D eigenvalue weighted by Gasteiger charge is -1.94. The molecule has 6 nitrogen and oxygen atoms in total. The highest BCUT2D eigenvalue weighted by Crippen LogP contribution is 2.23.